The third kappa shape index (κ3) is 5.70. The van der Waals surface area contributed by atoms with Crippen LogP contribution in [0.3, 0.4) is 0 Å². The van der Waals surface area contributed by atoms with Crippen molar-refractivity contribution in [2.24, 2.45) is 11.7 Å². The number of ether oxygens (including phenoxy) is 2. The third-order valence-corrected chi connectivity index (χ3v) is 6.35. The summed E-state index contributed by atoms with van der Waals surface area (Å²) in [6, 6.07) is 8.21. The monoisotopic (exact) mass is 484 g/mol. The van der Waals surface area contributed by atoms with E-state index in [9.17, 15) is 18.8 Å². The first-order chi connectivity index (χ1) is 16.9. The molecule has 1 aromatic carbocycles. The summed E-state index contributed by atoms with van der Waals surface area (Å²) in [7, 11) is 0. The number of amides is 2. The zero-order valence-corrected chi connectivity index (χ0v) is 19.6. The topological polar surface area (TPSA) is 115 Å². The van der Waals surface area contributed by atoms with Crippen LogP contribution in [0.15, 0.2) is 36.5 Å². The Morgan fingerprint density at radius 2 is 2.00 bits per heavy atom. The second kappa shape index (κ2) is 10.7. The maximum Gasteiger partial charge on any atom is 0.414 e. The number of anilines is 2. The number of nitrogens with zero attached hydrogens (tertiary/aromatic N) is 3. The van der Waals surface area contributed by atoms with Gasteiger partial charge in [-0.25, -0.2) is 14.2 Å². The minimum Gasteiger partial charge on any atom is -0.466 e. The molecule has 2 aliphatic rings. The summed E-state index contributed by atoms with van der Waals surface area (Å²) in [4.78, 5) is 43.1. The number of nitrogens with two attached hydrogens (primary N) is 1. The van der Waals surface area contributed by atoms with Crippen LogP contribution in [0.2, 0.25) is 0 Å². The molecule has 9 nitrogen and oxygen atoms in total. The van der Waals surface area contributed by atoms with Crippen molar-refractivity contribution in [2.45, 2.75) is 38.7 Å². The van der Waals surface area contributed by atoms with Gasteiger partial charge < -0.3 is 20.1 Å². The Labute approximate surface area is 203 Å². The predicted molar refractivity (Wildman–Crippen MR) is 127 cm³/mol. The van der Waals surface area contributed by atoms with Crippen LogP contribution in [0, 0.1) is 11.7 Å². The Morgan fingerprint density at radius 1 is 1.23 bits per heavy atom. The summed E-state index contributed by atoms with van der Waals surface area (Å²) in [5.41, 5.74) is 6.52. The van der Waals surface area contributed by atoms with Gasteiger partial charge in [-0.15, -0.1) is 0 Å². The SMILES string of the molecule is CCOC(=O)C1CCN(c2ccc(-c3ccc(N4CC(CCC(N)=O)OC4=O)cc3F)cn2)CC1. The van der Waals surface area contributed by atoms with Crippen molar-refractivity contribution in [3.05, 3.63) is 42.3 Å². The van der Waals surface area contributed by atoms with E-state index in [1.54, 1.807) is 25.3 Å². The van der Waals surface area contributed by atoms with Crippen LogP contribution in [0.25, 0.3) is 11.1 Å². The Morgan fingerprint density at radius 3 is 2.63 bits per heavy atom. The zero-order chi connectivity index (χ0) is 24.9. The molecule has 2 aromatic rings. The molecule has 186 valence electrons. The molecule has 10 heteroatoms. The standard InChI is InChI=1S/C25H29FN4O5/c1-2-34-24(32)16-9-11-29(12-10-16)23-8-3-17(14-28-23)20-6-4-18(13-21(20)26)30-15-19(35-25(30)33)5-7-22(27)31/h3-4,6,8,13-14,16,19H,2,5,7,9-12,15H2,1H3,(H2,27,31). The maximum atomic E-state index is 15.0. The second-order valence-electron chi connectivity index (χ2n) is 8.70. The van der Waals surface area contributed by atoms with E-state index in [0.29, 0.717) is 55.8 Å². The van der Waals surface area contributed by atoms with Gasteiger partial charge >= 0.3 is 12.1 Å². The highest BCUT2D eigenvalue weighted by molar-refractivity contribution is 5.90. The summed E-state index contributed by atoms with van der Waals surface area (Å²) >= 11 is 0. The van der Waals surface area contributed by atoms with Crippen molar-refractivity contribution in [3.8, 4) is 11.1 Å². The minimum atomic E-state index is -0.579. The van der Waals surface area contributed by atoms with Crippen molar-refractivity contribution in [1.82, 2.24) is 4.98 Å². The number of carbonyl (C=O) groups excluding carboxylic acids is 3. The lowest BCUT2D eigenvalue weighted by atomic mass is 9.97. The zero-order valence-electron chi connectivity index (χ0n) is 19.6. The van der Waals surface area contributed by atoms with E-state index in [0.717, 1.165) is 5.82 Å². The molecular formula is C25H29FN4O5. The number of esters is 1. The summed E-state index contributed by atoms with van der Waals surface area (Å²) in [5.74, 6) is -0.395. The molecule has 0 saturated carbocycles. The van der Waals surface area contributed by atoms with Gasteiger partial charge in [0.15, 0.2) is 0 Å². The number of pyridine rings is 1. The Kier molecular flexibility index (Phi) is 7.48. The highest BCUT2D eigenvalue weighted by Crippen LogP contribution is 2.31. The molecule has 2 saturated heterocycles. The molecule has 2 N–H and O–H groups in total. The fourth-order valence-corrected chi connectivity index (χ4v) is 4.43. The molecule has 2 aliphatic heterocycles. The summed E-state index contributed by atoms with van der Waals surface area (Å²) in [6.07, 6.45) is 2.44. The van der Waals surface area contributed by atoms with Crippen LogP contribution in [-0.4, -0.2) is 55.3 Å². The molecule has 3 heterocycles. The fourth-order valence-electron chi connectivity index (χ4n) is 4.43. The first-order valence-corrected chi connectivity index (χ1v) is 11.8. The predicted octanol–water partition coefficient (Wildman–Crippen LogP) is 3.26. The van der Waals surface area contributed by atoms with E-state index in [1.807, 2.05) is 12.1 Å². The Hall–Kier alpha value is -3.69. The van der Waals surface area contributed by atoms with Gasteiger partial charge in [0, 0.05) is 36.8 Å². The fraction of sp³-hybridized carbons (Fsp3) is 0.440. The van der Waals surface area contributed by atoms with Crippen molar-refractivity contribution in [3.63, 3.8) is 0 Å². The van der Waals surface area contributed by atoms with Gasteiger partial charge in [-0.05, 0) is 56.5 Å². The molecule has 35 heavy (non-hydrogen) atoms. The smallest absolute Gasteiger partial charge is 0.414 e. The van der Waals surface area contributed by atoms with E-state index in [2.05, 4.69) is 9.88 Å². The van der Waals surface area contributed by atoms with Gasteiger partial charge in [-0.2, -0.15) is 0 Å². The average Bonchev–Trinajstić information content (AvgIpc) is 3.23. The van der Waals surface area contributed by atoms with Crippen LogP contribution in [0.4, 0.5) is 20.7 Å². The normalized spacial score (nSPS) is 18.5. The molecule has 4 rings (SSSR count). The number of cyclic esters (lactones) is 1. The van der Waals surface area contributed by atoms with Gasteiger partial charge in [-0.3, -0.25) is 14.5 Å². The lowest BCUT2D eigenvalue weighted by molar-refractivity contribution is -0.148. The first kappa shape index (κ1) is 24.4. The van der Waals surface area contributed by atoms with Crippen molar-refractivity contribution < 1.29 is 28.2 Å². The number of halogens is 1. The van der Waals surface area contributed by atoms with Gasteiger partial charge in [0.05, 0.1) is 24.8 Å². The second-order valence-corrected chi connectivity index (χ2v) is 8.70. The largest absolute Gasteiger partial charge is 0.466 e. The number of benzene rings is 1. The van der Waals surface area contributed by atoms with Crippen LogP contribution >= 0.6 is 0 Å². The number of aromatic nitrogens is 1. The van der Waals surface area contributed by atoms with Crippen LogP contribution < -0.4 is 15.5 Å². The molecule has 0 bridgehead atoms. The molecular weight excluding hydrogens is 455 g/mol. The van der Waals surface area contributed by atoms with E-state index in [4.69, 9.17) is 15.2 Å². The molecule has 0 spiro atoms. The van der Waals surface area contributed by atoms with Gasteiger partial charge in [0.2, 0.25) is 5.91 Å². The van der Waals surface area contributed by atoms with Crippen molar-refractivity contribution >= 4 is 29.5 Å². The molecule has 0 aliphatic carbocycles. The maximum absolute atomic E-state index is 15.0. The van der Waals surface area contributed by atoms with Gasteiger partial charge in [0.1, 0.15) is 17.7 Å². The number of rotatable bonds is 8. The van der Waals surface area contributed by atoms with Gasteiger partial charge in [0.25, 0.3) is 0 Å². The van der Waals surface area contributed by atoms with Crippen LogP contribution in [0.1, 0.15) is 32.6 Å². The third-order valence-electron chi connectivity index (χ3n) is 6.35. The van der Waals surface area contributed by atoms with E-state index in [1.165, 1.54) is 11.0 Å². The van der Waals surface area contributed by atoms with E-state index < -0.39 is 23.9 Å². The molecule has 2 fully saturated rings. The van der Waals surface area contributed by atoms with Gasteiger partial charge in [-0.1, -0.05) is 0 Å². The highest BCUT2D eigenvalue weighted by atomic mass is 19.1. The molecule has 0 radical (unpaired) electrons. The average molecular weight is 485 g/mol. The lowest BCUT2D eigenvalue weighted by Gasteiger charge is -2.31. The van der Waals surface area contributed by atoms with Crippen LogP contribution in [-0.2, 0) is 19.1 Å². The lowest BCUT2D eigenvalue weighted by Crippen LogP contribution is -2.37. The molecule has 1 atom stereocenters. The van der Waals surface area contributed by atoms with Crippen LogP contribution in [0.5, 0.6) is 0 Å². The number of hydrogen-bond donors (Lipinski definition) is 1. The summed E-state index contributed by atoms with van der Waals surface area (Å²) in [6.45, 7) is 3.82. The number of carbonyl (C=O) groups is 3. The number of piperidine rings is 1. The summed E-state index contributed by atoms with van der Waals surface area (Å²) < 4.78 is 25.4. The summed E-state index contributed by atoms with van der Waals surface area (Å²) in [5, 5.41) is 0. The molecule has 1 unspecified atom stereocenters. The van der Waals surface area contributed by atoms with E-state index >= 15 is 0 Å². The number of primary amides is 1. The molecule has 1 aromatic heterocycles. The van der Waals surface area contributed by atoms with Crippen molar-refractivity contribution in [2.75, 3.05) is 36.0 Å². The first-order valence-electron chi connectivity index (χ1n) is 11.8. The highest BCUT2D eigenvalue weighted by Gasteiger charge is 2.33. The van der Waals surface area contributed by atoms with E-state index in [-0.39, 0.29) is 24.9 Å². The Bertz CT molecular complexity index is 1090. The quantitative estimate of drug-likeness (QED) is 0.572. The minimum absolute atomic E-state index is 0.0793. The van der Waals surface area contributed by atoms with Crippen molar-refractivity contribution in [1.29, 1.82) is 0 Å². The Balaban J connectivity index is 1.39. The number of hydrogen-bond acceptors (Lipinski definition) is 7. The molecule has 2 amide bonds.